The predicted octanol–water partition coefficient (Wildman–Crippen LogP) is 2.81. The molecule has 0 saturated carbocycles. The Bertz CT molecular complexity index is 660. The molecule has 0 bridgehead atoms. The Labute approximate surface area is 114 Å². The second-order valence-electron chi connectivity index (χ2n) is 4.01. The van der Waals surface area contributed by atoms with Gasteiger partial charge in [-0.15, -0.1) is 0 Å². The molecule has 0 heterocycles. The van der Waals surface area contributed by atoms with Crippen LogP contribution in [-0.2, 0) is 0 Å². The van der Waals surface area contributed by atoms with E-state index in [-0.39, 0.29) is 0 Å². The number of halogens is 2. The molecule has 6 heteroatoms. The van der Waals surface area contributed by atoms with E-state index in [1.165, 1.54) is 7.11 Å². The van der Waals surface area contributed by atoms with Crippen molar-refractivity contribution < 1.29 is 18.3 Å². The Kier molecular flexibility index (Phi) is 3.84. The van der Waals surface area contributed by atoms with Crippen LogP contribution in [0.1, 0.15) is 10.4 Å². The summed E-state index contributed by atoms with van der Waals surface area (Å²) in [4.78, 5) is 12.0. The number of amides is 1. The first-order valence-electron chi connectivity index (χ1n) is 5.72. The fourth-order valence-corrected chi connectivity index (χ4v) is 1.71. The van der Waals surface area contributed by atoms with Crippen molar-refractivity contribution in [1.29, 1.82) is 0 Å². The summed E-state index contributed by atoms with van der Waals surface area (Å²) < 4.78 is 32.0. The summed E-state index contributed by atoms with van der Waals surface area (Å²) >= 11 is 0. The average Bonchev–Trinajstić information content (AvgIpc) is 2.43. The molecule has 0 saturated heterocycles. The SMILES string of the molecule is COc1ccccc1NC(=O)c1cc(F)cc(N)c1F. The first kappa shape index (κ1) is 13.8. The Balaban J connectivity index is 2.33. The minimum atomic E-state index is -0.959. The van der Waals surface area contributed by atoms with Gasteiger partial charge in [0.25, 0.3) is 5.91 Å². The predicted molar refractivity (Wildman–Crippen MR) is 71.7 cm³/mol. The van der Waals surface area contributed by atoms with Gasteiger partial charge in [0.1, 0.15) is 11.6 Å². The van der Waals surface area contributed by atoms with E-state index in [2.05, 4.69) is 5.32 Å². The van der Waals surface area contributed by atoms with Gasteiger partial charge in [-0.1, -0.05) is 12.1 Å². The van der Waals surface area contributed by atoms with E-state index in [1.807, 2.05) is 0 Å². The van der Waals surface area contributed by atoms with Crippen LogP contribution >= 0.6 is 0 Å². The second kappa shape index (κ2) is 5.56. The van der Waals surface area contributed by atoms with Gasteiger partial charge in [0.15, 0.2) is 5.82 Å². The van der Waals surface area contributed by atoms with E-state index in [0.717, 1.165) is 12.1 Å². The Hall–Kier alpha value is -2.63. The monoisotopic (exact) mass is 278 g/mol. The number of benzene rings is 2. The van der Waals surface area contributed by atoms with Crippen molar-refractivity contribution in [3.8, 4) is 5.75 Å². The van der Waals surface area contributed by atoms with E-state index in [9.17, 15) is 13.6 Å². The molecule has 20 heavy (non-hydrogen) atoms. The number of carbonyl (C=O) groups is 1. The summed E-state index contributed by atoms with van der Waals surface area (Å²) in [6.45, 7) is 0. The Morgan fingerprint density at radius 2 is 1.95 bits per heavy atom. The quantitative estimate of drug-likeness (QED) is 0.848. The zero-order chi connectivity index (χ0) is 14.7. The number of methoxy groups -OCH3 is 1. The molecule has 0 unspecified atom stereocenters. The van der Waals surface area contributed by atoms with Crippen LogP contribution in [0.25, 0.3) is 0 Å². The molecular formula is C14H12F2N2O2. The lowest BCUT2D eigenvalue weighted by molar-refractivity contribution is 0.102. The van der Waals surface area contributed by atoms with Crippen molar-refractivity contribution in [2.24, 2.45) is 0 Å². The molecule has 0 aliphatic heterocycles. The van der Waals surface area contributed by atoms with Gasteiger partial charge in [-0.25, -0.2) is 8.78 Å². The van der Waals surface area contributed by atoms with Gasteiger partial charge in [-0.05, 0) is 24.3 Å². The molecule has 2 aromatic rings. The van der Waals surface area contributed by atoms with Crippen molar-refractivity contribution in [2.75, 3.05) is 18.2 Å². The van der Waals surface area contributed by atoms with Crippen molar-refractivity contribution in [3.05, 3.63) is 53.6 Å². The number of nitrogens with one attached hydrogen (secondary N) is 1. The molecule has 104 valence electrons. The van der Waals surface area contributed by atoms with Gasteiger partial charge < -0.3 is 15.8 Å². The van der Waals surface area contributed by atoms with Gasteiger partial charge in [0.2, 0.25) is 0 Å². The number of hydrogen-bond acceptors (Lipinski definition) is 3. The third-order valence-corrected chi connectivity index (χ3v) is 2.67. The second-order valence-corrected chi connectivity index (χ2v) is 4.01. The van der Waals surface area contributed by atoms with Gasteiger partial charge in [0, 0.05) is 0 Å². The number of nitrogens with two attached hydrogens (primary N) is 1. The van der Waals surface area contributed by atoms with E-state index in [4.69, 9.17) is 10.5 Å². The third kappa shape index (κ3) is 2.69. The highest BCUT2D eigenvalue weighted by Gasteiger charge is 2.17. The zero-order valence-corrected chi connectivity index (χ0v) is 10.6. The van der Waals surface area contributed by atoms with Crippen molar-refractivity contribution in [1.82, 2.24) is 0 Å². The van der Waals surface area contributed by atoms with Crippen LogP contribution in [0.15, 0.2) is 36.4 Å². The topological polar surface area (TPSA) is 64.3 Å². The molecule has 2 rings (SSSR count). The number of nitrogen functional groups attached to an aromatic ring is 1. The molecular weight excluding hydrogens is 266 g/mol. The van der Waals surface area contributed by atoms with Gasteiger partial charge in [0.05, 0.1) is 24.0 Å². The number of hydrogen-bond donors (Lipinski definition) is 2. The summed E-state index contributed by atoms with van der Waals surface area (Å²) in [5.74, 6) is -2.14. The standard InChI is InChI=1S/C14H12F2N2O2/c1-20-12-5-3-2-4-11(12)18-14(19)9-6-8(15)7-10(17)13(9)16/h2-7H,17H2,1H3,(H,18,19). The summed E-state index contributed by atoms with van der Waals surface area (Å²) in [5.41, 5.74) is 4.75. The Morgan fingerprint density at radius 3 is 2.65 bits per heavy atom. The lowest BCUT2D eigenvalue weighted by Crippen LogP contribution is -2.15. The van der Waals surface area contributed by atoms with Crippen LogP contribution in [0.2, 0.25) is 0 Å². The molecule has 0 fully saturated rings. The number of para-hydroxylation sites is 2. The molecule has 0 aromatic heterocycles. The van der Waals surface area contributed by atoms with Gasteiger partial charge >= 0.3 is 0 Å². The number of carbonyl (C=O) groups excluding carboxylic acids is 1. The fourth-order valence-electron chi connectivity index (χ4n) is 1.71. The van der Waals surface area contributed by atoms with Crippen molar-refractivity contribution in [2.45, 2.75) is 0 Å². The zero-order valence-electron chi connectivity index (χ0n) is 10.6. The van der Waals surface area contributed by atoms with E-state index in [1.54, 1.807) is 24.3 Å². The van der Waals surface area contributed by atoms with Gasteiger partial charge in [-0.3, -0.25) is 4.79 Å². The van der Waals surface area contributed by atoms with E-state index < -0.39 is 28.8 Å². The number of rotatable bonds is 3. The third-order valence-electron chi connectivity index (χ3n) is 2.67. The first-order valence-corrected chi connectivity index (χ1v) is 5.72. The summed E-state index contributed by atoms with van der Waals surface area (Å²) in [5, 5.41) is 2.45. The molecule has 0 spiro atoms. The maximum Gasteiger partial charge on any atom is 0.258 e. The highest BCUT2D eigenvalue weighted by molar-refractivity contribution is 6.05. The van der Waals surface area contributed by atoms with Crippen molar-refractivity contribution >= 4 is 17.3 Å². The number of ether oxygens (including phenoxy) is 1. The minimum Gasteiger partial charge on any atom is -0.495 e. The average molecular weight is 278 g/mol. The maximum atomic E-state index is 13.7. The summed E-state index contributed by atoms with van der Waals surface area (Å²) in [6.07, 6.45) is 0. The molecule has 1 amide bonds. The minimum absolute atomic E-state index is 0.349. The lowest BCUT2D eigenvalue weighted by Gasteiger charge is -2.11. The molecule has 3 N–H and O–H groups in total. The highest BCUT2D eigenvalue weighted by Crippen LogP contribution is 2.25. The molecule has 0 atom stereocenters. The normalized spacial score (nSPS) is 10.2. The maximum absolute atomic E-state index is 13.7. The Morgan fingerprint density at radius 1 is 1.25 bits per heavy atom. The molecule has 0 aliphatic rings. The largest absolute Gasteiger partial charge is 0.495 e. The van der Waals surface area contributed by atoms with Crippen LogP contribution < -0.4 is 15.8 Å². The van der Waals surface area contributed by atoms with Crippen LogP contribution in [0.5, 0.6) is 5.75 Å². The highest BCUT2D eigenvalue weighted by atomic mass is 19.1. The molecule has 0 aliphatic carbocycles. The van der Waals surface area contributed by atoms with E-state index >= 15 is 0 Å². The summed E-state index contributed by atoms with van der Waals surface area (Å²) in [7, 11) is 1.44. The molecule has 4 nitrogen and oxygen atoms in total. The summed E-state index contributed by atoms with van der Waals surface area (Å²) in [6, 6.07) is 8.21. The molecule has 2 aromatic carbocycles. The molecule has 0 radical (unpaired) electrons. The van der Waals surface area contributed by atoms with Gasteiger partial charge in [-0.2, -0.15) is 0 Å². The first-order chi connectivity index (χ1) is 9.52. The lowest BCUT2D eigenvalue weighted by atomic mass is 10.1. The number of anilines is 2. The van der Waals surface area contributed by atoms with Crippen molar-refractivity contribution in [3.63, 3.8) is 0 Å². The van der Waals surface area contributed by atoms with Crippen LogP contribution in [0.4, 0.5) is 20.2 Å². The van der Waals surface area contributed by atoms with Crippen LogP contribution in [0, 0.1) is 11.6 Å². The smallest absolute Gasteiger partial charge is 0.258 e. The van der Waals surface area contributed by atoms with Crippen LogP contribution in [-0.4, -0.2) is 13.0 Å². The fraction of sp³-hybridized carbons (Fsp3) is 0.0714. The van der Waals surface area contributed by atoms with E-state index in [0.29, 0.717) is 11.4 Å². The van der Waals surface area contributed by atoms with Crippen LogP contribution in [0.3, 0.4) is 0 Å².